The van der Waals surface area contributed by atoms with Crippen molar-refractivity contribution in [3.05, 3.63) is 34.1 Å². The number of nitrogens with zero attached hydrogens (tertiary/aromatic N) is 1. The molecule has 16 heavy (non-hydrogen) atoms. The molecule has 1 heterocycles. The second-order valence-corrected chi connectivity index (χ2v) is 4.43. The molecular weight excluding hydrogens is 252 g/mol. The van der Waals surface area contributed by atoms with E-state index in [1.165, 1.54) is 6.07 Å². The van der Waals surface area contributed by atoms with Crippen molar-refractivity contribution in [1.82, 2.24) is 4.90 Å². The fourth-order valence-electron chi connectivity index (χ4n) is 1.88. The molecule has 0 saturated carbocycles. The third-order valence-electron chi connectivity index (χ3n) is 2.72. The molecule has 0 bridgehead atoms. The van der Waals surface area contributed by atoms with Crippen molar-refractivity contribution in [2.75, 3.05) is 12.4 Å². The number of fused-ring (bicyclic) bond motifs is 1. The molecule has 2 nitrogen and oxygen atoms in total. The minimum absolute atomic E-state index is 0.0649. The van der Waals surface area contributed by atoms with E-state index in [0.717, 1.165) is 5.56 Å². The Hall–Kier alpha value is -0.800. The fourth-order valence-corrected chi connectivity index (χ4v) is 2.28. The standard InChI is InChI=1S/C11H10Cl2FNO/c12-5-11(16)15-2-1-7-3-8(13)4-10(14)9(7)6-15/h3-4H,1-2,5-6H2. The molecule has 2 rings (SSSR count). The van der Waals surface area contributed by atoms with Gasteiger partial charge in [0.15, 0.2) is 0 Å². The van der Waals surface area contributed by atoms with Crippen LogP contribution < -0.4 is 0 Å². The van der Waals surface area contributed by atoms with E-state index in [2.05, 4.69) is 0 Å². The Kier molecular flexibility index (Phi) is 3.36. The first-order chi connectivity index (χ1) is 7.61. The van der Waals surface area contributed by atoms with E-state index in [1.807, 2.05) is 0 Å². The lowest BCUT2D eigenvalue weighted by atomic mass is 9.99. The molecule has 0 aliphatic carbocycles. The number of alkyl halides is 1. The SMILES string of the molecule is O=C(CCl)N1CCc2cc(Cl)cc(F)c2C1. The molecule has 0 radical (unpaired) electrons. The van der Waals surface area contributed by atoms with E-state index in [1.54, 1.807) is 11.0 Å². The van der Waals surface area contributed by atoms with Crippen molar-refractivity contribution in [3.8, 4) is 0 Å². The Morgan fingerprint density at radius 3 is 2.94 bits per heavy atom. The van der Waals surface area contributed by atoms with Gasteiger partial charge >= 0.3 is 0 Å². The molecule has 0 N–H and O–H groups in total. The topological polar surface area (TPSA) is 20.3 Å². The van der Waals surface area contributed by atoms with Crippen LogP contribution in [0.2, 0.25) is 5.02 Å². The molecule has 86 valence electrons. The molecule has 0 spiro atoms. The van der Waals surface area contributed by atoms with Crippen LogP contribution in [0.25, 0.3) is 0 Å². The van der Waals surface area contributed by atoms with E-state index >= 15 is 0 Å². The number of carbonyl (C=O) groups is 1. The van der Waals surface area contributed by atoms with Gasteiger partial charge in [0, 0.05) is 23.7 Å². The molecule has 1 aromatic rings. The summed E-state index contributed by atoms with van der Waals surface area (Å²) in [5, 5.41) is 0.397. The monoisotopic (exact) mass is 261 g/mol. The van der Waals surface area contributed by atoms with Crippen LogP contribution in [0.1, 0.15) is 11.1 Å². The van der Waals surface area contributed by atoms with Crippen LogP contribution in [-0.2, 0) is 17.8 Å². The van der Waals surface area contributed by atoms with Gasteiger partial charge in [-0.05, 0) is 24.1 Å². The van der Waals surface area contributed by atoms with Gasteiger partial charge in [-0.15, -0.1) is 11.6 Å². The summed E-state index contributed by atoms with van der Waals surface area (Å²) >= 11 is 11.2. The summed E-state index contributed by atoms with van der Waals surface area (Å²) in [6.07, 6.45) is 0.620. The highest BCUT2D eigenvalue weighted by molar-refractivity contribution is 6.30. The van der Waals surface area contributed by atoms with Crippen molar-refractivity contribution in [2.24, 2.45) is 0 Å². The molecule has 0 aromatic heterocycles. The average Bonchev–Trinajstić information content (AvgIpc) is 2.27. The summed E-state index contributed by atoms with van der Waals surface area (Å²) in [7, 11) is 0. The molecule has 1 aromatic carbocycles. The first-order valence-electron chi connectivity index (χ1n) is 4.92. The highest BCUT2D eigenvalue weighted by Gasteiger charge is 2.22. The second kappa shape index (κ2) is 4.60. The predicted octanol–water partition coefficient (Wildman–Crippen LogP) is 2.60. The normalized spacial score (nSPS) is 14.8. The minimum Gasteiger partial charge on any atom is -0.337 e. The van der Waals surface area contributed by atoms with E-state index < -0.39 is 0 Å². The maximum Gasteiger partial charge on any atom is 0.237 e. The highest BCUT2D eigenvalue weighted by Crippen LogP contribution is 2.25. The third kappa shape index (κ3) is 2.15. The molecule has 0 unspecified atom stereocenters. The summed E-state index contributed by atoms with van der Waals surface area (Å²) in [4.78, 5) is 13.0. The van der Waals surface area contributed by atoms with Crippen LogP contribution in [0.5, 0.6) is 0 Å². The fraction of sp³-hybridized carbons (Fsp3) is 0.364. The number of benzene rings is 1. The zero-order chi connectivity index (χ0) is 11.7. The highest BCUT2D eigenvalue weighted by atomic mass is 35.5. The molecule has 0 saturated heterocycles. The Bertz CT molecular complexity index is 436. The third-order valence-corrected chi connectivity index (χ3v) is 3.17. The number of hydrogen-bond acceptors (Lipinski definition) is 1. The second-order valence-electron chi connectivity index (χ2n) is 3.72. The first-order valence-corrected chi connectivity index (χ1v) is 5.83. The van der Waals surface area contributed by atoms with Crippen LogP contribution in [0.4, 0.5) is 4.39 Å². The summed E-state index contributed by atoms with van der Waals surface area (Å²) in [5.41, 5.74) is 1.43. The molecule has 1 aliphatic rings. The van der Waals surface area contributed by atoms with Gasteiger partial charge in [-0.1, -0.05) is 11.6 Å². The smallest absolute Gasteiger partial charge is 0.237 e. The number of halogens is 3. The lowest BCUT2D eigenvalue weighted by Gasteiger charge is -2.28. The number of amides is 1. The first kappa shape index (κ1) is 11.7. The maximum atomic E-state index is 13.6. The van der Waals surface area contributed by atoms with Crippen molar-refractivity contribution in [2.45, 2.75) is 13.0 Å². The predicted molar refractivity (Wildman–Crippen MR) is 61.3 cm³/mol. The van der Waals surface area contributed by atoms with Crippen LogP contribution in [0, 0.1) is 5.82 Å². The Morgan fingerprint density at radius 2 is 2.25 bits per heavy atom. The largest absolute Gasteiger partial charge is 0.337 e. The van der Waals surface area contributed by atoms with Gasteiger partial charge in [-0.25, -0.2) is 4.39 Å². The Balaban J connectivity index is 2.30. The van der Waals surface area contributed by atoms with Crippen molar-refractivity contribution >= 4 is 29.1 Å². The van der Waals surface area contributed by atoms with E-state index in [4.69, 9.17) is 23.2 Å². The van der Waals surface area contributed by atoms with E-state index in [-0.39, 0.29) is 24.1 Å². The van der Waals surface area contributed by atoms with Crippen molar-refractivity contribution < 1.29 is 9.18 Å². The van der Waals surface area contributed by atoms with Gasteiger partial charge in [0.1, 0.15) is 11.7 Å². The molecule has 0 atom stereocenters. The summed E-state index contributed by atoms with van der Waals surface area (Å²) in [6, 6.07) is 3.03. The van der Waals surface area contributed by atoms with E-state index in [9.17, 15) is 9.18 Å². The minimum atomic E-state index is -0.352. The molecule has 1 amide bonds. The molecular formula is C11H10Cl2FNO. The Morgan fingerprint density at radius 1 is 1.50 bits per heavy atom. The van der Waals surface area contributed by atoms with Gasteiger partial charge in [0.25, 0.3) is 0 Å². The number of hydrogen-bond donors (Lipinski definition) is 0. The van der Waals surface area contributed by atoms with Crippen molar-refractivity contribution in [3.63, 3.8) is 0 Å². The quantitative estimate of drug-likeness (QED) is 0.712. The maximum absolute atomic E-state index is 13.6. The summed E-state index contributed by atoms with van der Waals surface area (Å²) in [5.74, 6) is -0.582. The number of rotatable bonds is 1. The van der Waals surface area contributed by atoms with Crippen LogP contribution in [0.15, 0.2) is 12.1 Å². The Labute approximate surface area is 103 Å². The van der Waals surface area contributed by atoms with Gasteiger partial charge in [0.05, 0.1) is 0 Å². The molecule has 1 aliphatic heterocycles. The number of carbonyl (C=O) groups excluding carboxylic acids is 1. The lowest BCUT2D eigenvalue weighted by molar-refractivity contribution is -0.129. The van der Waals surface area contributed by atoms with Gasteiger partial charge in [-0.2, -0.15) is 0 Å². The van der Waals surface area contributed by atoms with Gasteiger partial charge in [0.2, 0.25) is 5.91 Å². The van der Waals surface area contributed by atoms with Crippen LogP contribution >= 0.6 is 23.2 Å². The summed E-state index contributed by atoms with van der Waals surface area (Å²) < 4.78 is 13.6. The van der Waals surface area contributed by atoms with Crippen LogP contribution in [0.3, 0.4) is 0 Å². The van der Waals surface area contributed by atoms with Gasteiger partial charge < -0.3 is 4.90 Å². The zero-order valence-electron chi connectivity index (χ0n) is 8.47. The van der Waals surface area contributed by atoms with Crippen LogP contribution in [-0.4, -0.2) is 23.2 Å². The average molecular weight is 262 g/mol. The zero-order valence-corrected chi connectivity index (χ0v) is 9.98. The molecule has 5 heteroatoms. The summed E-state index contributed by atoms with van der Waals surface area (Å²) in [6.45, 7) is 0.849. The van der Waals surface area contributed by atoms with Crippen molar-refractivity contribution in [1.29, 1.82) is 0 Å². The molecule has 0 fully saturated rings. The van der Waals surface area contributed by atoms with Gasteiger partial charge in [-0.3, -0.25) is 4.79 Å². The van der Waals surface area contributed by atoms with E-state index in [0.29, 0.717) is 23.6 Å². The lowest BCUT2D eigenvalue weighted by Crippen LogP contribution is -2.37.